The van der Waals surface area contributed by atoms with Crippen LogP contribution in [0.25, 0.3) is 0 Å². The molecule has 2 rings (SSSR count). The maximum absolute atomic E-state index is 13.1. The Balaban J connectivity index is 1.98. The fourth-order valence-electron chi connectivity index (χ4n) is 3.27. The SMILES string of the molecule is CC(=O)Nc1ccc(C(=O)N(CCCOC(C)C)CCC(=O)N2CCNCC2)cc1. The first kappa shape index (κ1) is 23.8. The number of piperazine rings is 1. The van der Waals surface area contributed by atoms with Gasteiger partial charge < -0.3 is 25.2 Å². The fourth-order valence-corrected chi connectivity index (χ4v) is 3.27. The summed E-state index contributed by atoms with van der Waals surface area (Å²) < 4.78 is 5.59. The molecule has 1 fully saturated rings. The van der Waals surface area contributed by atoms with Gasteiger partial charge in [-0.1, -0.05) is 0 Å². The summed E-state index contributed by atoms with van der Waals surface area (Å²) in [5, 5.41) is 5.93. The highest BCUT2D eigenvalue weighted by molar-refractivity contribution is 5.95. The Morgan fingerprint density at radius 2 is 1.80 bits per heavy atom. The Labute approximate surface area is 178 Å². The summed E-state index contributed by atoms with van der Waals surface area (Å²) in [6, 6.07) is 6.81. The molecule has 8 heteroatoms. The molecule has 0 spiro atoms. The minimum atomic E-state index is -0.160. The molecule has 8 nitrogen and oxygen atoms in total. The molecule has 0 aliphatic carbocycles. The summed E-state index contributed by atoms with van der Waals surface area (Å²) in [5.41, 5.74) is 1.17. The Bertz CT molecular complexity index is 700. The zero-order valence-corrected chi connectivity index (χ0v) is 18.3. The summed E-state index contributed by atoms with van der Waals surface area (Å²) in [5.74, 6) is -0.206. The highest BCUT2D eigenvalue weighted by Crippen LogP contribution is 2.13. The van der Waals surface area contributed by atoms with Crippen LogP contribution in [-0.4, -0.2) is 79.5 Å². The molecule has 166 valence electrons. The van der Waals surface area contributed by atoms with Crippen LogP contribution in [-0.2, 0) is 14.3 Å². The molecule has 0 atom stereocenters. The van der Waals surface area contributed by atoms with E-state index in [0.717, 1.165) is 13.1 Å². The lowest BCUT2D eigenvalue weighted by Crippen LogP contribution is -2.47. The lowest BCUT2D eigenvalue weighted by atomic mass is 10.1. The summed E-state index contributed by atoms with van der Waals surface area (Å²) >= 11 is 0. The molecule has 0 saturated carbocycles. The maximum atomic E-state index is 13.1. The van der Waals surface area contributed by atoms with E-state index < -0.39 is 0 Å². The van der Waals surface area contributed by atoms with Crippen molar-refractivity contribution in [3.63, 3.8) is 0 Å². The van der Waals surface area contributed by atoms with Crippen LogP contribution >= 0.6 is 0 Å². The average molecular weight is 419 g/mol. The van der Waals surface area contributed by atoms with Gasteiger partial charge in [0.25, 0.3) is 5.91 Å². The summed E-state index contributed by atoms with van der Waals surface area (Å²) in [6.07, 6.45) is 1.15. The standard InChI is InChI=1S/C22H34N4O4/c1-17(2)30-16-4-12-26(13-9-21(28)25-14-10-23-11-15-25)22(29)19-5-7-20(8-6-19)24-18(3)27/h5-8,17,23H,4,9-16H2,1-3H3,(H,24,27). The third-order valence-corrected chi connectivity index (χ3v) is 4.83. The Morgan fingerprint density at radius 1 is 1.13 bits per heavy atom. The van der Waals surface area contributed by atoms with Gasteiger partial charge in [-0.15, -0.1) is 0 Å². The molecule has 0 bridgehead atoms. The van der Waals surface area contributed by atoms with Crippen molar-refractivity contribution in [2.24, 2.45) is 0 Å². The predicted molar refractivity (Wildman–Crippen MR) is 116 cm³/mol. The molecule has 2 N–H and O–H groups in total. The molecule has 1 aliphatic rings. The third-order valence-electron chi connectivity index (χ3n) is 4.83. The van der Waals surface area contributed by atoms with E-state index in [1.807, 2.05) is 18.7 Å². The number of carbonyl (C=O) groups is 3. The Kier molecular flexibility index (Phi) is 9.76. The van der Waals surface area contributed by atoms with Gasteiger partial charge in [0, 0.05) is 70.5 Å². The van der Waals surface area contributed by atoms with Crippen LogP contribution in [0.4, 0.5) is 5.69 Å². The molecule has 0 unspecified atom stereocenters. The van der Waals surface area contributed by atoms with Crippen molar-refractivity contribution in [1.82, 2.24) is 15.1 Å². The van der Waals surface area contributed by atoms with Crippen LogP contribution in [0, 0.1) is 0 Å². The van der Waals surface area contributed by atoms with Crippen molar-refractivity contribution in [2.75, 3.05) is 51.2 Å². The highest BCUT2D eigenvalue weighted by atomic mass is 16.5. The first-order valence-corrected chi connectivity index (χ1v) is 10.6. The molecule has 1 heterocycles. The van der Waals surface area contributed by atoms with Gasteiger partial charge in [0.15, 0.2) is 0 Å². The molecular weight excluding hydrogens is 384 g/mol. The van der Waals surface area contributed by atoms with Crippen molar-refractivity contribution in [3.05, 3.63) is 29.8 Å². The van der Waals surface area contributed by atoms with Crippen LogP contribution in [0.3, 0.4) is 0 Å². The van der Waals surface area contributed by atoms with E-state index in [1.54, 1.807) is 29.2 Å². The smallest absolute Gasteiger partial charge is 0.253 e. The van der Waals surface area contributed by atoms with Crippen LogP contribution in [0.5, 0.6) is 0 Å². The highest BCUT2D eigenvalue weighted by Gasteiger charge is 2.20. The number of carbonyl (C=O) groups excluding carboxylic acids is 3. The average Bonchev–Trinajstić information content (AvgIpc) is 2.73. The van der Waals surface area contributed by atoms with Crippen LogP contribution in [0.2, 0.25) is 0 Å². The molecule has 30 heavy (non-hydrogen) atoms. The number of benzene rings is 1. The second-order valence-electron chi connectivity index (χ2n) is 7.70. The minimum Gasteiger partial charge on any atom is -0.379 e. The van der Waals surface area contributed by atoms with Gasteiger partial charge in [-0.3, -0.25) is 14.4 Å². The van der Waals surface area contributed by atoms with E-state index in [0.29, 0.717) is 56.9 Å². The number of anilines is 1. The van der Waals surface area contributed by atoms with E-state index in [1.165, 1.54) is 6.92 Å². The second kappa shape index (κ2) is 12.3. The zero-order chi connectivity index (χ0) is 21.9. The van der Waals surface area contributed by atoms with Gasteiger partial charge in [0.05, 0.1) is 6.10 Å². The van der Waals surface area contributed by atoms with Gasteiger partial charge in [-0.25, -0.2) is 0 Å². The second-order valence-corrected chi connectivity index (χ2v) is 7.70. The van der Waals surface area contributed by atoms with Gasteiger partial charge in [0.1, 0.15) is 0 Å². The zero-order valence-electron chi connectivity index (χ0n) is 18.3. The number of hydrogen-bond donors (Lipinski definition) is 2. The number of rotatable bonds is 10. The first-order valence-electron chi connectivity index (χ1n) is 10.6. The molecule has 1 aromatic rings. The summed E-state index contributed by atoms with van der Waals surface area (Å²) in [4.78, 5) is 40.3. The minimum absolute atomic E-state index is 0.0775. The summed E-state index contributed by atoms with van der Waals surface area (Å²) in [6.45, 7) is 9.88. The quantitative estimate of drug-likeness (QED) is 0.565. The van der Waals surface area contributed by atoms with E-state index in [2.05, 4.69) is 10.6 Å². The normalized spacial score (nSPS) is 13.9. The summed E-state index contributed by atoms with van der Waals surface area (Å²) in [7, 11) is 0. The van der Waals surface area contributed by atoms with E-state index in [-0.39, 0.29) is 23.8 Å². The van der Waals surface area contributed by atoms with Gasteiger partial charge in [-0.2, -0.15) is 0 Å². The van der Waals surface area contributed by atoms with Crippen LogP contribution < -0.4 is 10.6 Å². The van der Waals surface area contributed by atoms with Crippen molar-refractivity contribution < 1.29 is 19.1 Å². The molecule has 1 aromatic carbocycles. The monoisotopic (exact) mass is 418 g/mol. The van der Waals surface area contributed by atoms with E-state index in [4.69, 9.17) is 4.74 Å². The lowest BCUT2D eigenvalue weighted by molar-refractivity contribution is -0.132. The van der Waals surface area contributed by atoms with Crippen molar-refractivity contribution in [2.45, 2.75) is 39.7 Å². The van der Waals surface area contributed by atoms with Crippen molar-refractivity contribution in [3.8, 4) is 0 Å². The van der Waals surface area contributed by atoms with Gasteiger partial charge in [0.2, 0.25) is 11.8 Å². The fraction of sp³-hybridized carbons (Fsp3) is 0.591. The number of amides is 3. The van der Waals surface area contributed by atoms with Gasteiger partial charge >= 0.3 is 0 Å². The Hall–Kier alpha value is -2.45. The maximum Gasteiger partial charge on any atom is 0.253 e. The van der Waals surface area contributed by atoms with Crippen molar-refractivity contribution >= 4 is 23.4 Å². The number of nitrogens with one attached hydrogen (secondary N) is 2. The molecule has 1 saturated heterocycles. The molecule has 1 aliphatic heterocycles. The topological polar surface area (TPSA) is 91.0 Å². The molecule has 0 aromatic heterocycles. The number of ether oxygens (including phenoxy) is 1. The molecular formula is C22H34N4O4. The largest absolute Gasteiger partial charge is 0.379 e. The number of hydrogen-bond acceptors (Lipinski definition) is 5. The predicted octanol–water partition coefficient (Wildman–Crippen LogP) is 1.72. The van der Waals surface area contributed by atoms with Crippen LogP contribution in [0.15, 0.2) is 24.3 Å². The third kappa shape index (κ3) is 8.12. The first-order chi connectivity index (χ1) is 14.4. The Morgan fingerprint density at radius 3 is 2.40 bits per heavy atom. The van der Waals surface area contributed by atoms with E-state index in [9.17, 15) is 14.4 Å². The van der Waals surface area contributed by atoms with Crippen LogP contribution in [0.1, 0.15) is 44.0 Å². The molecule has 0 radical (unpaired) electrons. The van der Waals surface area contributed by atoms with E-state index >= 15 is 0 Å². The van der Waals surface area contributed by atoms with Gasteiger partial charge in [-0.05, 0) is 44.5 Å². The number of nitrogens with zero attached hydrogens (tertiary/aromatic N) is 2. The van der Waals surface area contributed by atoms with Crippen molar-refractivity contribution in [1.29, 1.82) is 0 Å². The molecule has 3 amide bonds. The lowest BCUT2D eigenvalue weighted by Gasteiger charge is -2.29.